The predicted octanol–water partition coefficient (Wildman–Crippen LogP) is 3.50. The molecular formula is C25H28N4O2. The number of aryl methyl sites for hydroxylation is 1. The molecular weight excluding hydrogens is 388 g/mol. The van der Waals surface area contributed by atoms with Gasteiger partial charge in [0.1, 0.15) is 5.82 Å². The number of aromatic nitrogens is 2. The molecule has 2 aliphatic heterocycles. The third kappa shape index (κ3) is 3.40. The van der Waals surface area contributed by atoms with Crippen molar-refractivity contribution in [1.29, 1.82) is 0 Å². The van der Waals surface area contributed by atoms with Crippen molar-refractivity contribution in [2.45, 2.75) is 58.2 Å². The molecule has 0 unspecified atom stereocenters. The number of amides is 2. The summed E-state index contributed by atoms with van der Waals surface area (Å²) in [4.78, 5) is 35.7. The Labute approximate surface area is 182 Å². The Morgan fingerprint density at radius 2 is 1.97 bits per heavy atom. The molecule has 5 rings (SSSR count). The summed E-state index contributed by atoms with van der Waals surface area (Å²) in [5, 5.41) is 3.21. The van der Waals surface area contributed by atoms with E-state index in [1.54, 1.807) is 6.92 Å². The van der Waals surface area contributed by atoms with Crippen LogP contribution in [-0.2, 0) is 22.6 Å². The summed E-state index contributed by atoms with van der Waals surface area (Å²) < 4.78 is 0. The number of hydrogen-bond donors (Lipinski definition) is 2. The van der Waals surface area contributed by atoms with Crippen LogP contribution in [0.5, 0.6) is 0 Å². The molecule has 0 saturated carbocycles. The van der Waals surface area contributed by atoms with Crippen molar-refractivity contribution in [2.75, 3.05) is 0 Å². The van der Waals surface area contributed by atoms with Crippen LogP contribution in [0.4, 0.5) is 0 Å². The molecule has 6 heteroatoms. The fourth-order valence-electron chi connectivity index (χ4n) is 5.79. The molecule has 3 heterocycles. The van der Waals surface area contributed by atoms with E-state index >= 15 is 0 Å². The first kappa shape index (κ1) is 19.8. The third-order valence-electron chi connectivity index (χ3n) is 7.04. The maximum absolute atomic E-state index is 13.7. The Hall–Kier alpha value is -3.15. The highest BCUT2D eigenvalue weighted by atomic mass is 16.2. The van der Waals surface area contributed by atoms with Gasteiger partial charge < -0.3 is 15.2 Å². The van der Waals surface area contributed by atoms with Crippen molar-refractivity contribution in [1.82, 2.24) is 20.2 Å². The van der Waals surface area contributed by atoms with Gasteiger partial charge in [0, 0.05) is 25.6 Å². The lowest BCUT2D eigenvalue weighted by atomic mass is 9.69. The van der Waals surface area contributed by atoms with Crippen LogP contribution < -0.4 is 5.32 Å². The van der Waals surface area contributed by atoms with Crippen LogP contribution in [0, 0.1) is 12.3 Å². The van der Waals surface area contributed by atoms with Gasteiger partial charge in [-0.05, 0) is 55.9 Å². The van der Waals surface area contributed by atoms with E-state index in [4.69, 9.17) is 0 Å². The highest BCUT2D eigenvalue weighted by molar-refractivity contribution is 5.87. The van der Waals surface area contributed by atoms with Crippen LogP contribution in [0.15, 0.2) is 48.5 Å². The van der Waals surface area contributed by atoms with Crippen molar-refractivity contribution in [2.24, 2.45) is 5.41 Å². The smallest absolute Gasteiger partial charge is 0.228 e. The number of fused-ring (bicyclic) bond motifs is 3. The number of aromatic amines is 1. The van der Waals surface area contributed by atoms with E-state index in [2.05, 4.69) is 27.4 Å². The van der Waals surface area contributed by atoms with Gasteiger partial charge >= 0.3 is 0 Å². The second-order valence-electron chi connectivity index (χ2n) is 9.05. The second-order valence-corrected chi connectivity index (χ2v) is 9.05. The Bertz CT molecular complexity index is 1140. The summed E-state index contributed by atoms with van der Waals surface area (Å²) in [6.07, 6.45) is 3.27. The molecule has 2 aromatic carbocycles. The van der Waals surface area contributed by atoms with Gasteiger partial charge in [-0.25, -0.2) is 4.98 Å². The number of benzene rings is 2. The van der Waals surface area contributed by atoms with Crippen LogP contribution in [0.1, 0.15) is 43.1 Å². The molecule has 2 aliphatic rings. The number of carbonyl (C=O) groups is 2. The standard InChI is InChI=1S/C25H28N4O2/c1-16-27-21-10-8-19(12-22(21)28-16)15-26-24(31)25(13-18-6-4-3-5-7-18)14-20-9-11-23(25)29(20)17(2)30/h3-8,10,12,20,23H,9,11,13-15H2,1-2H3,(H,26,31)(H,27,28)/t20-,23+,25+/m1/s1. The second kappa shape index (κ2) is 7.52. The van der Waals surface area contributed by atoms with E-state index in [1.165, 1.54) is 0 Å². The van der Waals surface area contributed by atoms with E-state index in [0.29, 0.717) is 13.0 Å². The molecule has 31 heavy (non-hydrogen) atoms. The summed E-state index contributed by atoms with van der Waals surface area (Å²) >= 11 is 0. The first-order valence-electron chi connectivity index (χ1n) is 11.0. The van der Waals surface area contributed by atoms with E-state index in [1.807, 2.05) is 48.2 Å². The van der Waals surface area contributed by atoms with Crippen molar-refractivity contribution < 1.29 is 9.59 Å². The summed E-state index contributed by atoms with van der Waals surface area (Å²) in [5.41, 5.74) is 3.50. The minimum absolute atomic E-state index is 0.0343. The average molecular weight is 417 g/mol. The number of rotatable bonds is 5. The zero-order chi connectivity index (χ0) is 21.6. The summed E-state index contributed by atoms with van der Waals surface area (Å²) in [6.45, 7) is 4.02. The van der Waals surface area contributed by atoms with Gasteiger partial charge in [-0.15, -0.1) is 0 Å². The molecule has 0 spiro atoms. The van der Waals surface area contributed by atoms with Crippen LogP contribution in [-0.4, -0.2) is 38.8 Å². The third-order valence-corrected chi connectivity index (χ3v) is 7.04. The Morgan fingerprint density at radius 1 is 1.16 bits per heavy atom. The van der Waals surface area contributed by atoms with Crippen LogP contribution in [0.3, 0.4) is 0 Å². The Balaban J connectivity index is 1.41. The van der Waals surface area contributed by atoms with Crippen LogP contribution in [0.2, 0.25) is 0 Å². The van der Waals surface area contributed by atoms with Crippen LogP contribution in [0.25, 0.3) is 11.0 Å². The number of nitrogens with one attached hydrogen (secondary N) is 2. The van der Waals surface area contributed by atoms with E-state index < -0.39 is 5.41 Å². The molecule has 1 aromatic heterocycles. The summed E-state index contributed by atoms with van der Waals surface area (Å²) in [5.74, 6) is 1.01. The van der Waals surface area contributed by atoms with Gasteiger partial charge in [-0.3, -0.25) is 9.59 Å². The summed E-state index contributed by atoms with van der Waals surface area (Å²) in [7, 11) is 0. The minimum atomic E-state index is -0.579. The molecule has 2 saturated heterocycles. The molecule has 2 N–H and O–H groups in total. The average Bonchev–Trinajstić information content (AvgIpc) is 3.43. The maximum Gasteiger partial charge on any atom is 0.228 e. The fourth-order valence-corrected chi connectivity index (χ4v) is 5.79. The topological polar surface area (TPSA) is 78.1 Å². The molecule has 3 atom stereocenters. The van der Waals surface area contributed by atoms with Crippen molar-refractivity contribution in [3.63, 3.8) is 0 Å². The molecule has 160 valence electrons. The number of H-pyrrole nitrogens is 1. The minimum Gasteiger partial charge on any atom is -0.351 e. The van der Waals surface area contributed by atoms with Gasteiger partial charge in [0.15, 0.2) is 0 Å². The molecule has 2 amide bonds. The first-order valence-corrected chi connectivity index (χ1v) is 11.0. The van der Waals surface area contributed by atoms with Gasteiger partial charge in [0.25, 0.3) is 0 Å². The highest BCUT2D eigenvalue weighted by Gasteiger charge is 2.60. The zero-order valence-corrected chi connectivity index (χ0v) is 18.0. The SMILES string of the molecule is CC(=O)N1[C@@H]2CC[C@H]1[C@@](Cc1ccccc1)(C(=O)NCc1ccc3nc(C)[nH]c3c1)C2. The number of nitrogens with zero attached hydrogens (tertiary/aromatic N) is 2. The summed E-state index contributed by atoms with van der Waals surface area (Å²) in [6, 6.07) is 16.3. The molecule has 2 fully saturated rings. The van der Waals surface area contributed by atoms with E-state index in [-0.39, 0.29) is 23.9 Å². The van der Waals surface area contributed by atoms with Gasteiger partial charge in [-0.2, -0.15) is 0 Å². The Morgan fingerprint density at radius 3 is 2.71 bits per heavy atom. The van der Waals surface area contributed by atoms with Crippen LogP contribution >= 0.6 is 0 Å². The van der Waals surface area contributed by atoms with Gasteiger partial charge in [0.05, 0.1) is 16.4 Å². The molecule has 3 aromatic rings. The van der Waals surface area contributed by atoms with Crippen molar-refractivity contribution in [3.8, 4) is 0 Å². The number of carbonyl (C=O) groups excluding carboxylic acids is 2. The quantitative estimate of drug-likeness (QED) is 0.668. The zero-order valence-electron chi connectivity index (χ0n) is 18.0. The van der Waals surface area contributed by atoms with Crippen molar-refractivity contribution >= 4 is 22.8 Å². The van der Waals surface area contributed by atoms with Crippen molar-refractivity contribution in [3.05, 3.63) is 65.5 Å². The monoisotopic (exact) mass is 416 g/mol. The normalized spacial score (nSPS) is 24.6. The molecule has 2 bridgehead atoms. The molecule has 0 aliphatic carbocycles. The predicted molar refractivity (Wildman–Crippen MR) is 119 cm³/mol. The molecule has 0 radical (unpaired) electrons. The number of hydrogen-bond acceptors (Lipinski definition) is 3. The largest absolute Gasteiger partial charge is 0.351 e. The van der Waals surface area contributed by atoms with E-state index in [0.717, 1.165) is 47.2 Å². The number of imidazole rings is 1. The lowest BCUT2D eigenvalue weighted by Crippen LogP contribution is -2.50. The maximum atomic E-state index is 13.7. The highest BCUT2D eigenvalue weighted by Crippen LogP contribution is 2.51. The lowest BCUT2D eigenvalue weighted by Gasteiger charge is -2.36. The lowest BCUT2D eigenvalue weighted by molar-refractivity contribution is -0.135. The van der Waals surface area contributed by atoms with Gasteiger partial charge in [0.2, 0.25) is 11.8 Å². The first-order chi connectivity index (χ1) is 15.0. The molecule has 6 nitrogen and oxygen atoms in total. The van der Waals surface area contributed by atoms with E-state index in [9.17, 15) is 9.59 Å². The fraction of sp³-hybridized carbons (Fsp3) is 0.400. The Kier molecular flexibility index (Phi) is 4.80. The van der Waals surface area contributed by atoms with Gasteiger partial charge in [-0.1, -0.05) is 36.4 Å².